The van der Waals surface area contributed by atoms with Gasteiger partial charge >= 0.3 is 0 Å². The summed E-state index contributed by atoms with van der Waals surface area (Å²) in [6.07, 6.45) is 2.34. The van der Waals surface area contributed by atoms with E-state index in [2.05, 4.69) is 96.4 Å². The molecule has 2 atom stereocenters. The van der Waals surface area contributed by atoms with Crippen molar-refractivity contribution >= 4 is 35.8 Å². The zero-order valence-corrected chi connectivity index (χ0v) is 22.5. The van der Waals surface area contributed by atoms with Crippen LogP contribution in [0.5, 0.6) is 0 Å². The maximum atomic E-state index is 7.05. The van der Waals surface area contributed by atoms with Gasteiger partial charge in [-0.25, -0.2) is 19.5 Å². The van der Waals surface area contributed by atoms with E-state index in [-0.39, 0.29) is 11.1 Å². The van der Waals surface area contributed by atoms with Gasteiger partial charge in [-0.15, -0.1) is 0 Å². The summed E-state index contributed by atoms with van der Waals surface area (Å²) < 4.78 is 21.4. The Morgan fingerprint density at radius 2 is 1.67 bits per heavy atom. The van der Waals surface area contributed by atoms with Gasteiger partial charge in [0.15, 0.2) is 5.65 Å². The SMILES string of the molecule is CN(C)c1nc2cncnc2n1[C@H]1OC[C@@H](CO[Si](c2ccccc2)(c2ccccc2)C(C)(C)C)O1. The Hall–Kier alpha value is -3.11. The molecule has 8 nitrogen and oxygen atoms in total. The Labute approximate surface area is 213 Å². The largest absolute Gasteiger partial charge is 0.405 e. The first-order valence-electron chi connectivity index (χ1n) is 12.2. The van der Waals surface area contributed by atoms with Crippen LogP contribution in [-0.2, 0) is 13.9 Å². The Balaban J connectivity index is 1.44. The molecule has 3 heterocycles. The second-order valence-corrected chi connectivity index (χ2v) is 14.6. The van der Waals surface area contributed by atoms with Crippen molar-refractivity contribution < 1.29 is 13.9 Å². The van der Waals surface area contributed by atoms with Gasteiger partial charge in [-0.05, 0) is 15.4 Å². The van der Waals surface area contributed by atoms with Gasteiger partial charge in [-0.1, -0.05) is 81.4 Å². The van der Waals surface area contributed by atoms with Gasteiger partial charge < -0.3 is 18.8 Å². The summed E-state index contributed by atoms with van der Waals surface area (Å²) in [7, 11) is 1.21. The zero-order chi connectivity index (χ0) is 25.3. The summed E-state index contributed by atoms with van der Waals surface area (Å²) in [5.41, 5.74) is 1.37. The third-order valence-electron chi connectivity index (χ3n) is 6.58. The monoisotopic (exact) mass is 503 g/mol. The second kappa shape index (κ2) is 9.74. The molecule has 0 radical (unpaired) electrons. The van der Waals surface area contributed by atoms with Gasteiger partial charge in [-0.2, -0.15) is 0 Å². The Morgan fingerprint density at radius 1 is 1.03 bits per heavy atom. The summed E-state index contributed by atoms with van der Waals surface area (Å²) >= 11 is 0. The predicted molar refractivity (Wildman–Crippen MR) is 143 cm³/mol. The second-order valence-electron chi connectivity index (χ2n) is 10.3. The van der Waals surface area contributed by atoms with Gasteiger partial charge in [0.25, 0.3) is 8.32 Å². The number of rotatable bonds is 7. The number of fused-ring (bicyclic) bond motifs is 1. The van der Waals surface area contributed by atoms with Crippen LogP contribution in [0.4, 0.5) is 5.95 Å². The molecular weight excluding hydrogens is 470 g/mol. The average molecular weight is 504 g/mol. The van der Waals surface area contributed by atoms with Crippen LogP contribution >= 0.6 is 0 Å². The van der Waals surface area contributed by atoms with Crippen molar-refractivity contribution in [2.75, 3.05) is 32.2 Å². The molecule has 2 aromatic heterocycles. The van der Waals surface area contributed by atoms with Gasteiger partial charge in [0.2, 0.25) is 12.4 Å². The summed E-state index contributed by atoms with van der Waals surface area (Å²) in [5, 5.41) is 2.38. The highest BCUT2D eigenvalue weighted by Gasteiger charge is 2.50. The van der Waals surface area contributed by atoms with Gasteiger partial charge in [-0.3, -0.25) is 0 Å². The Bertz CT molecular complexity index is 1270. The van der Waals surface area contributed by atoms with E-state index in [1.165, 1.54) is 16.7 Å². The third-order valence-corrected chi connectivity index (χ3v) is 11.6. The molecule has 0 aliphatic carbocycles. The summed E-state index contributed by atoms with van der Waals surface area (Å²) in [5.74, 6) is 0.698. The molecule has 1 aliphatic rings. The third kappa shape index (κ3) is 4.32. The van der Waals surface area contributed by atoms with Crippen molar-refractivity contribution in [3.8, 4) is 0 Å². The lowest BCUT2D eigenvalue weighted by molar-refractivity contribution is -0.115. The highest BCUT2D eigenvalue weighted by Crippen LogP contribution is 2.37. The molecule has 2 aromatic carbocycles. The Morgan fingerprint density at radius 3 is 2.25 bits per heavy atom. The minimum Gasteiger partial charge on any atom is -0.405 e. The molecule has 0 saturated carbocycles. The van der Waals surface area contributed by atoms with Crippen LogP contribution in [0.1, 0.15) is 27.2 Å². The lowest BCUT2D eigenvalue weighted by Gasteiger charge is -2.43. The fourth-order valence-corrected chi connectivity index (χ4v) is 9.57. The van der Waals surface area contributed by atoms with Crippen molar-refractivity contribution in [3.63, 3.8) is 0 Å². The smallest absolute Gasteiger partial charge is 0.261 e. The van der Waals surface area contributed by atoms with Gasteiger partial charge in [0, 0.05) is 14.1 Å². The maximum Gasteiger partial charge on any atom is 0.261 e. The molecule has 188 valence electrons. The van der Waals surface area contributed by atoms with E-state index in [0.717, 1.165) is 0 Å². The number of anilines is 1. The predicted octanol–water partition coefficient (Wildman–Crippen LogP) is 3.34. The zero-order valence-electron chi connectivity index (χ0n) is 21.5. The van der Waals surface area contributed by atoms with Crippen LogP contribution in [0.3, 0.4) is 0 Å². The number of benzene rings is 2. The molecule has 0 spiro atoms. The highest BCUT2D eigenvalue weighted by molar-refractivity contribution is 6.99. The van der Waals surface area contributed by atoms with Crippen LogP contribution in [0, 0.1) is 0 Å². The van der Waals surface area contributed by atoms with E-state index in [1.807, 2.05) is 23.6 Å². The van der Waals surface area contributed by atoms with E-state index < -0.39 is 14.7 Å². The fraction of sp³-hybridized carbons (Fsp3) is 0.370. The number of nitrogens with zero attached hydrogens (tertiary/aromatic N) is 5. The minimum absolute atomic E-state index is 0.107. The van der Waals surface area contributed by atoms with Crippen LogP contribution in [0.25, 0.3) is 11.2 Å². The number of imidazole rings is 1. The van der Waals surface area contributed by atoms with Gasteiger partial charge in [0.1, 0.15) is 17.9 Å². The van der Waals surface area contributed by atoms with Crippen LogP contribution in [-0.4, -0.2) is 61.2 Å². The summed E-state index contributed by atoms with van der Waals surface area (Å²) in [6.45, 7) is 7.65. The van der Waals surface area contributed by atoms with E-state index in [4.69, 9.17) is 13.9 Å². The van der Waals surface area contributed by atoms with E-state index >= 15 is 0 Å². The fourth-order valence-electron chi connectivity index (χ4n) is 4.98. The highest BCUT2D eigenvalue weighted by atomic mass is 28.4. The summed E-state index contributed by atoms with van der Waals surface area (Å²) in [4.78, 5) is 15.1. The lowest BCUT2D eigenvalue weighted by atomic mass is 10.2. The van der Waals surface area contributed by atoms with Crippen molar-refractivity contribution in [2.45, 2.75) is 38.3 Å². The molecule has 36 heavy (non-hydrogen) atoms. The number of aromatic nitrogens is 4. The average Bonchev–Trinajstić information content (AvgIpc) is 3.49. The van der Waals surface area contributed by atoms with E-state index in [9.17, 15) is 0 Å². The van der Waals surface area contributed by atoms with E-state index in [0.29, 0.717) is 30.3 Å². The number of hydrogen-bond acceptors (Lipinski definition) is 7. The molecule has 4 aromatic rings. The molecule has 0 bridgehead atoms. The Kier molecular flexibility index (Phi) is 6.65. The first-order chi connectivity index (χ1) is 17.3. The first-order valence-corrected chi connectivity index (χ1v) is 14.1. The normalized spacial score (nSPS) is 18.6. The molecule has 5 rings (SSSR count). The molecule has 9 heteroatoms. The van der Waals surface area contributed by atoms with Crippen molar-refractivity contribution in [1.29, 1.82) is 0 Å². The molecule has 1 fully saturated rings. The van der Waals surface area contributed by atoms with Crippen LogP contribution in [0.2, 0.25) is 5.04 Å². The van der Waals surface area contributed by atoms with E-state index in [1.54, 1.807) is 6.20 Å². The van der Waals surface area contributed by atoms with Crippen molar-refractivity contribution in [1.82, 2.24) is 19.5 Å². The topological polar surface area (TPSA) is 74.5 Å². The quantitative estimate of drug-likeness (QED) is 0.358. The molecule has 0 N–H and O–H groups in total. The first kappa shape index (κ1) is 24.6. The molecule has 0 amide bonds. The molecule has 1 aliphatic heterocycles. The maximum absolute atomic E-state index is 7.05. The van der Waals surface area contributed by atoms with Crippen LogP contribution in [0.15, 0.2) is 73.2 Å². The molecule has 0 unspecified atom stereocenters. The molecular formula is C27H33N5O3Si. The number of hydrogen-bond donors (Lipinski definition) is 0. The number of ether oxygens (including phenoxy) is 2. The molecule has 1 saturated heterocycles. The van der Waals surface area contributed by atoms with Gasteiger partial charge in [0.05, 0.1) is 19.4 Å². The summed E-state index contributed by atoms with van der Waals surface area (Å²) in [6, 6.07) is 21.3. The van der Waals surface area contributed by atoms with Crippen molar-refractivity contribution in [3.05, 3.63) is 73.2 Å². The van der Waals surface area contributed by atoms with Crippen LogP contribution < -0.4 is 15.3 Å². The lowest BCUT2D eigenvalue weighted by Crippen LogP contribution is -2.67. The standard InChI is InChI=1S/C27H33N5O3Si/c1-27(2,3)36(21-12-8-6-9-13-21,22-14-10-7-11-15-22)34-18-20-17-33-26(35-20)32-24-23(16-28-19-29-24)30-25(32)31(4)5/h6-16,19-20,26H,17-18H2,1-5H3/t20-,26-/m0/s1. The van der Waals surface area contributed by atoms with Crippen molar-refractivity contribution in [2.24, 2.45) is 0 Å². The minimum atomic E-state index is -2.66.